The molecule has 2 unspecified atom stereocenters. The average Bonchev–Trinajstić information content (AvgIpc) is 2.77. The Morgan fingerprint density at radius 3 is 1.15 bits per heavy atom. The van der Waals surface area contributed by atoms with Gasteiger partial charge in [-0.3, -0.25) is 9.59 Å². The number of carboxylic acids is 2. The van der Waals surface area contributed by atoms with Crippen molar-refractivity contribution < 1.29 is 30.0 Å². The van der Waals surface area contributed by atoms with Gasteiger partial charge < -0.3 is 20.4 Å². The van der Waals surface area contributed by atoms with Gasteiger partial charge in [0.25, 0.3) is 0 Å². The summed E-state index contributed by atoms with van der Waals surface area (Å²) in [7, 11) is 0. The second kappa shape index (κ2) is 10.7. The highest BCUT2D eigenvalue weighted by atomic mass is 32.2. The van der Waals surface area contributed by atoms with Crippen molar-refractivity contribution in [2.24, 2.45) is 0 Å². The fraction of sp³-hybridized carbons (Fsp3) is 0.562. The van der Waals surface area contributed by atoms with Crippen molar-refractivity contribution in [3.63, 3.8) is 0 Å². The highest BCUT2D eigenvalue weighted by molar-refractivity contribution is 8.03. The molecule has 0 saturated carbocycles. The number of hydrogen-bond acceptors (Lipinski definition) is 5. The van der Waals surface area contributed by atoms with E-state index in [9.17, 15) is 30.0 Å². The predicted molar refractivity (Wildman–Crippen MR) is 160 cm³/mol. The van der Waals surface area contributed by atoms with Crippen LogP contribution in [-0.2, 0) is 33.3 Å². The van der Waals surface area contributed by atoms with Crippen LogP contribution in [0.2, 0.25) is 0 Å². The van der Waals surface area contributed by atoms with E-state index in [2.05, 4.69) is 0 Å². The maximum Gasteiger partial charge on any atom is 0.319 e. The molecule has 0 bridgehead atoms. The lowest BCUT2D eigenvalue weighted by atomic mass is 9.81. The number of aliphatic carboxylic acids is 2. The molecule has 0 saturated heterocycles. The zero-order valence-electron chi connectivity index (χ0n) is 25.6. The highest BCUT2D eigenvalue weighted by Crippen LogP contribution is 2.46. The van der Waals surface area contributed by atoms with E-state index in [1.54, 1.807) is 27.7 Å². The molecule has 2 aromatic carbocycles. The van der Waals surface area contributed by atoms with Crippen LogP contribution < -0.4 is 0 Å². The first-order valence-corrected chi connectivity index (χ1v) is 14.1. The Bertz CT molecular complexity index is 1200. The molecular weight excluding hydrogens is 512 g/mol. The van der Waals surface area contributed by atoms with E-state index in [0.717, 1.165) is 34.0 Å². The number of carbonyl (C=O) groups is 2. The van der Waals surface area contributed by atoms with Gasteiger partial charge in [0, 0.05) is 0 Å². The van der Waals surface area contributed by atoms with Crippen LogP contribution >= 0.6 is 11.8 Å². The SMILES string of the molecule is Cc1cc(C(C)(C)C)c(O)c(C)c1CC(C)(SC(C)(Cc1c(C)cc(C(C)(C)C)c(O)c1C)C(=O)O)C(=O)O. The van der Waals surface area contributed by atoms with Crippen LogP contribution in [0.25, 0.3) is 0 Å². The summed E-state index contributed by atoms with van der Waals surface area (Å²) in [5, 5.41) is 42.8. The van der Waals surface area contributed by atoms with E-state index >= 15 is 0 Å². The summed E-state index contributed by atoms with van der Waals surface area (Å²) >= 11 is 0.904. The lowest BCUT2D eigenvalue weighted by Crippen LogP contribution is -2.45. The maximum absolute atomic E-state index is 12.7. The van der Waals surface area contributed by atoms with Gasteiger partial charge in [-0.05, 0) is 110 Å². The molecule has 0 radical (unpaired) electrons. The number of aromatic hydroxyl groups is 2. The van der Waals surface area contributed by atoms with Crippen LogP contribution in [0.4, 0.5) is 0 Å². The van der Waals surface area contributed by atoms with Crippen molar-refractivity contribution in [2.45, 2.75) is 116 Å². The van der Waals surface area contributed by atoms with Gasteiger partial charge in [0.05, 0.1) is 0 Å². The Hall–Kier alpha value is -2.67. The van der Waals surface area contributed by atoms with Crippen LogP contribution in [0.15, 0.2) is 12.1 Å². The lowest BCUT2D eigenvalue weighted by Gasteiger charge is -2.36. The molecule has 0 fully saturated rings. The number of carboxylic acid groups (broad SMARTS) is 2. The molecule has 7 heteroatoms. The lowest BCUT2D eigenvalue weighted by molar-refractivity contribution is -0.139. The van der Waals surface area contributed by atoms with Gasteiger partial charge in [-0.1, -0.05) is 53.7 Å². The van der Waals surface area contributed by atoms with E-state index in [1.807, 2.05) is 67.5 Å². The molecule has 0 aliphatic carbocycles. The second-order valence-corrected chi connectivity index (χ2v) is 15.4. The molecule has 216 valence electrons. The van der Waals surface area contributed by atoms with Crippen molar-refractivity contribution in [1.82, 2.24) is 0 Å². The van der Waals surface area contributed by atoms with Crippen molar-refractivity contribution in [1.29, 1.82) is 0 Å². The number of aryl methyl sites for hydroxylation is 2. The molecule has 0 aliphatic heterocycles. The summed E-state index contributed by atoms with van der Waals surface area (Å²) in [6.07, 6.45) is 0.0788. The third kappa shape index (κ3) is 6.56. The standard InChI is InChI=1S/C32H46O6S/c1-17-13-23(29(5,6)7)25(33)19(3)21(17)15-31(11,27(35)36)39-32(12,28(37)38)16-22-18(2)14-24(30(8,9)10)26(34)20(22)4/h13-14,33-34H,15-16H2,1-12H3,(H,35,36)(H,37,38). The third-order valence-electron chi connectivity index (χ3n) is 7.80. The summed E-state index contributed by atoms with van der Waals surface area (Å²) in [5.41, 5.74) is 5.30. The molecule has 0 amide bonds. The predicted octanol–water partition coefficient (Wildman–Crippen LogP) is 7.13. The molecule has 4 N–H and O–H groups in total. The molecule has 39 heavy (non-hydrogen) atoms. The van der Waals surface area contributed by atoms with Crippen molar-refractivity contribution in [2.75, 3.05) is 0 Å². The summed E-state index contributed by atoms with van der Waals surface area (Å²) in [6, 6.07) is 3.79. The molecule has 2 rings (SSSR count). The Labute approximate surface area is 237 Å². The van der Waals surface area contributed by atoms with E-state index in [4.69, 9.17) is 0 Å². The van der Waals surface area contributed by atoms with Gasteiger partial charge in [-0.25, -0.2) is 0 Å². The van der Waals surface area contributed by atoms with Crippen molar-refractivity contribution in [3.8, 4) is 11.5 Å². The Balaban J connectivity index is 2.61. The normalized spacial score (nSPS) is 15.5. The minimum atomic E-state index is -1.51. The number of phenolic OH excluding ortho intramolecular Hbond substituents is 2. The molecule has 0 aliphatic rings. The molecule has 0 aromatic heterocycles. The average molecular weight is 559 g/mol. The number of thioether (sulfide) groups is 1. The van der Waals surface area contributed by atoms with E-state index in [0.29, 0.717) is 22.3 Å². The quantitative estimate of drug-likeness (QED) is 0.272. The molecule has 2 aromatic rings. The minimum Gasteiger partial charge on any atom is -0.507 e. The van der Waals surface area contributed by atoms with Gasteiger partial charge in [0.1, 0.15) is 21.0 Å². The summed E-state index contributed by atoms with van der Waals surface area (Å²) in [4.78, 5) is 25.5. The number of benzene rings is 2. The molecule has 2 atom stereocenters. The molecule has 0 heterocycles. The van der Waals surface area contributed by atoms with Gasteiger partial charge >= 0.3 is 11.9 Å². The summed E-state index contributed by atoms with van der Waals surface area (Å²) in [5.74, 6) is -1.97. The zero-order valence-corrected chi connectivity index (χ0v) is 26.4. The van der Waals surface area contributed by atoms with Gasteiger partial charge in [-0.15, -0.1) is 11.8 Å². The van der Waals surface area contributed by atoms with Gasteiger partial charge in [0.15, 0.2) is 0 Å². The van der Waals surface area contributed by atoms with E-state index in [1.165, 1.54) is 0 Å². The second-order valence-electron chi connectivity index (χ2n) is 13.4. The Morgan fingerprint density at radius 2 is 0.923 bits per heavy atom. The summed E-state index contributed by atoms with van der Waals surface area (Å²) in [6.45, 7) is 22.5. The number of rotatable bonds is 8. The van der Waals surface area contributed by atoms with Crippen molar-refractivity contribution in [3.05, 3.63) is 56.6 Å². The molecular formula is C32H46O6S. The monoisotopic (exact) mass is 558 g/mol. The van der Waals surface area contributed by atoms with Crippen molar-refractivity contribution >= 4 is 23.7 Å². The maximum atomic E-state index is 12.7. The largest absolute Gasteiger partial charge is 0.507 e. The van der Waals surface area contributed by atoms with Gasteiger partial charge in [0.2, 0.25) is 0 Å². The first-order chi connectivity index (χ1) is 17.5. The number of phenols is 2. The first kappa shape index (κ1) is 32.5. The van der Waals surface area contributed by atoms with Gasteiger partial charge in [-0.2, -0.15) is 0 Å². The smallest absolute Gasteiger partial charge is 0.319 e. The summed E-state index contributed by atoms with van der Waals surface area (Å²) < 4.78 is -3.01. The Morgan fingerprint density at radius 1 is 0.641 bits per heavy atom. The van der Waals surface area contributed by atoms with Crippen LogP contribution in [0.5, 0.6) is 11.5 Å². The highest BCUT2D eigenvalue weighted by Gasteiger charge is 2.47. The number of hydrogen-bond donors (Lipinski definition) is 4. The minimum absolute atomic E-state index is 0.0394. The van der Waals surface area contributed by atoms with Crippen LogP contribution in [0, 0.1) is 27.7 Å². The molecule has 6 nitrogen and oxygen atoms in total. The van der Waals surface area contributed by atoms with E-state index in [-0.39, 0.29) is 35.2 Å². The fourth-order valence-electron chi connectivity index (χ4n) is 5.20. The Kier molecular flexibility index (Phi) is 8.94. The van der Waals surface area contributed by atoms with E-state index < -0.39 is 21.4 Å². The third-order valence-corrected chi connectivity index (χ3v) is 9.34. The fourth-order valence-corrected chi connectivity index (χ4v) is 6.80. The van der Waals surface area contributed by atoms with Crippen LogP contribution in [0.1, 0.15) is 99.9 Å². The topological polar surface area (TPSA) is 115 Å². The first-order valence-electron chi connectivity index (χ1n) is 13.3. The van der Waals surface area contributed by atoms with Crippen LogP contribution in [-0.4, -0.2) is 41.9 Å². The van der Waals surface area contributed by atoms with Crippen LogP contribution in [0.3, 0.4) is 0 Å². The zero-order chi connectivity index (χ0) is 30.5. The molecule has 0 spiro atoms.